The molecule has 2 rings (SSSR count). The van der Waals surface area contributed by atoms with Crippen molar-refractivity contribution in [3.05, 3.63) is 53.5 Å². The molecule has 1 unspecified atom stereocenters. The highest BCUT2D eigenvalue weighted by Gasteiger charge is 2.08. The Bertz CT molecular complexity index is 511. The maximum atomic E-state index is 6.17. The standard InChI is InChI=1S/C14H17N3O/c1-10-5-12(9-16-7-10)13(15)6-11-3-4-14(18-2)17-8-11/h3-5,7-9,13H,6,15H2,1-2H3. The van der Waals surface area contributed by atoms with Gasteiger partial charge in [0.15, 0.2) is 0 Å². The molecule has 0 saturated heterocycles. The number of aryl methyl sites for hydroxylation is 1. The Labute approximate surface area is 107 Å². The molecule has 0 radical (unpaired) electrons. The minimum absolute atomic E-state index is 0.0624. The number of methoxy groups -OCH3 is 1. The molecule has 0 aromatic carbocycles. The Morgan fingerprint density at radius 2 is 2.11 bits per heavy atom. The van der Waals surface area contributed by atoms with Crippen molar-refractivity contribution in [2.45, 2.75) is 19.4 Å². The van der Waals surface area contributed by atoms with Gasteiger partial charge in [-0.1, -0.05) is 12.1 Å². The van der Waals surface area contributed by atoms with E-state index >= 15 is 0 Å². The lowest BCUT2D eigenvalue weighted by Crippen LogP contribution is -2.14. The molecule has 4 nitrogen and oxygen atoms in total. The van der Waals surface area contributed by atoms with Crippen molar-refractivity contribution in [3.63, 3.8) is 0 Å². The number of ether oxygens (including phenoxy) is 1. The van der Waals surface area contributed by atoms with Crippen molar-refractivity contribution < 1.29 is 4.74 Å². The summed E-state index contributed by atoms with van der Waals surface area (Å²) in [6.45, 7) is 2.01. The van der Waals surface area contributed by atoms with Crippen molar-refractivity contribution >= 4 is 0 Å². The molecular formula is C14H17N3O. The number of hydrogen-bond acceptors (Lipinski definition) is 4. The third-order valence-corrected chi connectivity index (χ3v) is 2.79. The summed E-state index contributed by atoms with van der Waals surface area (Å²) in [5.41, 5.74) is 9.42. The highest BCUT2D eigenvalue weighted by Crippen LogP contribution is 2.17. The summed E-state index contributed by atoms with van der Waals surface area (Å²) < 4.78 is 5.02. The fourth-order valence-electron chi connectivity index (χ4n) is 1.81. The van der Waals surface area contributed by atoms with Crippen molar-refractivity contribution in [2.24, 2.45) is 5.73 Å². The zero-order chi connectivity index (χ0) is 13.0. The first-order valence-electron chi connectivity index (χ1n) is 5.85. The normalized spacial score (nSPS) is 12.2. The number of pyridine rings is 2. The molecular weight excluding hydrogens is 226 g/mol. The molecule has 94 valence electrons. The number of nitrogens with two attached hydrogens (primary N) is 1. The Balaban J connectivity index is 2.08. The van der Waals surface area contributed by atoms with E-state index in [-0.39, 0.29) is 6.04 Å². The first-order chi connectivity index (χ1) is 8.69. The van der Waals surface area contributed by atoms with E-state index in [2.05, 4.69) is 16.0 Å². The van der Waals surface area contributed by atoms with Crippen LogP contribution in [0.5, 0.6) is 5.88 Å². The minimum atomic E-state index is -0.0624. The van der Waals surface area contributed by atoms with Gasteiger partial charge in [-0.05, 0) is 30.0 Å². The summed E-state index contributed by atoms with van der Waals surface area (Å²) >= 11 is 0. The van der Waals surface area contributed by atoms with Crippen LogP contribution in [-0.2, 0) is 6.42 Å². The molecule has 1 atom stereocenters. The van der Waals surface area contributed by atoms with Gasteiger partial charge in [-0.3, -0.25) is 4.98 Å². The highest BCUT2D eigenvalue weighted by molar-refractivity contribution is 5.24. The third-order valence-electron chi connectivity index (χ3n) is 2.79. The summed E-state index contributed by atoms with van der Waals surface area (Å²) in [6.07, 6.45) is 6.17. The van der Waals surface area contributed by atoms with Crippen LogP contribution in [0.15, 0.2) is 36.8 Å². The molecule has 0 aliphatic carbocycles. The molecule has 0 saturated carbocycles. The van der Waals surface area contributed by atoms with Crippen LogP contribution in [0.1, 0.15) is 22.7 Å². The van der Waals surface area contributed by atoms with Crippen molar-refractivity contribution in [3.8, 4) is 5.88 Å². The molecule has 0 aliphatic rings. The molecule has 0 spiro atoms. The molecule has 4 heteroatoms. The van der Waals surface area contributed by atoms with Gasteiger partial charge in [0.05, 0.1) is 7.11 Å². The predicted molar refractivity (Wildman–Crippen MR) is 70.4 cm³/mol. The SMILES string of the molecule is COc1ccc(CC(N)c2cncc(C)c2)cn1. The van der Waals surface area contributed by atoms with E-state index in [1.54, 1.807) is 13.3 Å². The average molecular weight is 243 g/mol. The van der Waals surface area contributed by atoms with Gasteiger partial charge in [0, 0.05) is 30.7 Å². The lowest BCUT2D eigenvalue weighted by atomic mass is 10.0. The molecule has 2 aromatic rings. The summed E-state index contributed by atoms with van der Waals surface area (Å²) in [4.78, 5) is 8.33. The lowest BCUT2D eigenvalue weighted by molar-refractivity contribution is 0.397. The number of aromatic nitrogens is 2. The molecule has 0 fully saturated rings. The third kappa shape index (κ3) is 3.05. The lowest BCUT2D eigenvalue weighted by Gasteiger charge is -2.12. The van der Waals surface area contributed by atoms with E-state index in [0.29, 0.717) is 5.88 Å². The van der Waals surface area contributed by atoms with Gasteiger partial charge >= 0.3 is 0 Å². The molecule has 2 N–H and O–H groups in total. The van der Waals surface area contributed by atoms with Gasteiger partial charge < -0.3 is 10.5 Å². The number of hydrogen-bond donors (Lipinski definition) is 1. The second-order valence-electron chi connectivity index (χ2n) is 4.32. The van der Waals surface area contributed by atoms with Crippen LogP contribution >= 0.6 is 0 Å². The molecule has 18 heavy (non-hydrogen) atoms. The quantitative estimate of drug-likeness (QED) is 0.892. The number of nitrogens with zero attached hydrogens (tertiary/aromatic N) is 2. The van der Waals surface area contributed by atoms with Crippen LogP contribution < -0.4 is 10.5 Å². The van der Waals surface area contributed by atoms with Crippen molar-refractivity contribution in [1.29, 1.82) is 0 Å². The molecule has 2 heterocycles. The minimum Gasteiger partial charge on any atom is -0.481 e. The monoisotopic (exact) mass is 243 g/mol. The van der Waals surface area contributed by atoms with Crippen molar-refractivity contribution in [1.82, 2.24) is 9.97 Å². The second-order valence-corrected chi connectivity index (χ2v) is 4.32. The van der Waals surface area contributed by atoms with Gasteiger partial charge in [-0.25, -0.2) is 4.98 Å². The molecule has 2 aromatic heterocycles. The van der Waals surface area contributed by atoms with E-state index < -0.39 is 0 Å². The Morgan fingerprint density at radius 1 is 1.28 bits per heavy atom. The van der Waals surface area contributed by atoms with E-state index in [1.165, 1.54) is 0 Å². The van der Waals surface area contributed by atoms with E-state index in [9.17, 15) is 0 Å². The Hall–Kier alpha value is -1.94. The van der Waals surface area contributed by atoms with E-state index in [1.807, 2.05) is 31.5 Å². The zero-order valence-electron chi connectivity index (χ0n) is 10.6. The van der Waals surface area contributed by atoms with Crippen LogP contribution in [0.2, 0.25) is 0 Å². The summed E-state index contributed by atoms with van der Waals surface area (Å²) in [5, 5.41) is 0. The fraction of sp³-hybridized carbons (Fsp3) is 0.286. The Kier molecular flexibility index (Phi) is 3.89. The average Bonchev–Trinajstić information content (AvgIpc) is 2.39. The maximum Gasteiger partial charge on any atom is 0.212 e. The van der Waals surface area contributed by atoms with Crippen LogP contribution in [0.25, 0.3) is 0 Å². The van der Waals surface area contributed by atoms with Crippen LogP contribution in [0, 0.1) is 6.92 Å². The molecule has 0 bridgehead atoms. The summed E-state index contributed by atoms with van der Waals surface area (Å²) in [7, 11) is 1.60. The predicted octanol–water partition coefficient (Wildman–Crippen LogP) is 2.04. The topological polar surface area (TPSA) is 61.0 Å². The first-order valence-corrected chi connectivity index (χ1v) is 5.85. The maximum absolute atomic E-state index is 6.17. The van der Waals surface area contributed by atoms with E-state index in [4.69, 9.17) is 10.5 Å². The number of rotatable bonds is 4. The van der Waals surface area contributed by atoms with Gasteiger partial charge in [-0.15, -0.1) is 0 Å². The van der Waals surface area contributed by atoms with E-state index in [0.717, 1.165) is 23.1 Å². The van der Waals surface area contributed by atoms with Gasteiger partial charge in [0.25, 0.3) is 0 Å². The Morgan fingerprint density at radius 3 is 2.72 bits per heavy atom. The van der Waals surface area contributed by atoms with Gasteiger partial charge in [0.2, 0.25) is 5.88 Å². The van der Waals surface area contributed by atoms with Crippen LogP contribution in [0.3, 0.4) is 0 Å². The smallest absolute Gasteiger partial charge is 0.212 e. The molecule has 0 amide bonds. The molecule has 0 aliphatic heterocycles. The van der Waals surface area contributed by atoms with Gasteiger partial charge in [-0.2, -0.15) is 0 Å². The second kappa shape index (κ2) is 5.60. The largest absolute Gasteiger partial charge is 0.481 e. The van der Waals surface area contributed by atoms with Crippen LogP contribution in [0.4, 0.5) is 0 Å². The summed E-state index contributed by atoms with van der Waals surface area (Å²) in [6, 6.07) is 5.83. The first kappa shape index (κ1) is 12.5. The zero-order valence-corrected chi connectivity index (χ0v) is 10.6. The fourth-order valence-corrected chi connectivity index (χ4v) is 1.81. The van der Waals surface area contributed by atoms with Gasteiger partial charge in [0.1, 0.15) is 0 Å². The van der Waals surface area contributed by atoms with Crippen molar-refractivity contribution in [2.75, 3.05) is 7.11 Å². The highest BCUT2D eigenvalue weighted by atomic mass is 16.5. The van der Waals surface area contributed by atoms with Crippen LogP contribution in [-0.4, -0.2) is 17.1 Å². The summed E-state index contributed by atoms with van der Waals surface area (Å²) in [5.74, 6) is 0.615.